The van der Waals surface area contributed by atoms with Crippen molar-refractivity contribution in [1.82, 2.24) is 4.72 Å². The van der Waals surface area contributed by atoms with Gasteiger partial charge in [-0.15, -0.1) is 0 Å². The lowest BCUT2D eigenvalue weighted by molar-refractivity contribution is -0.118. The van der Waals surface area contributed by atoms with E-state index >= 15 is 0 Å². The lowest BCUT2D eigenvalue weighted by Crippen LogP contribution is -2.36. The average molecular weight is 315 g/mol. The third kappa shape index (κ3) is 4.43. The van der Waals surface area contributed by atoms with E-state index in [4.69, 9.17) is 11.5 Å². The van der Waals surface area contributed by atoms with E-state index < -0.39 is 27.9 Å². The summed E-state index contributed by atoms with van der Waals surface area (Å²) in [4.78, 5) is 22.1. The molecule has 1 atom stereocenters. The Morgan fingerprint density at radius 3 is 2.52 bits per heavy atom. The van der Waals surface area contributed by atoms with Crippen molar-refractivity contribution in [3.8, 4) is 0 Å². The highest BCUT2D eigenvalue weighted by atomic mass is 32.2. The van der Waals surface area contributed by atoms with Gasteiger partial charge in [0.1, 0.15) is 0 Å². The highest BCUT2D eigenvalue weighted by molar-refractivity contribution is 7.89. The molecule has 1 unspecified atom stereocenters. The minimum absolute atomic E-state index is 0.148. The molecule has 1 aromatic carbocycles. The predicted molar refractivity (Wildman–Crippen MR) is 75.8 cm³/mol. The second-order valence-corrected chi connectivity index (χ2v) is 6.12. The molecule has 0 spiro atoms. The third-order valence-corrected chi connectivity index (χ3v) is 4.19. The molecule has 8 nitrogen and oxygen atoms in total. The van der Waals surface area contributed by atoms with Crippen LogP contribution in [-0.2, 0) is 19.6 Å². The number of amides is 1. The highest BCUT2D eigenvalue weighted by Crippen LogP contribution is 2.20. The van der Waals surface area contributed by atoms with E-state index in [1.165, 1.54) is 19.1 Å². The molecule has 116 valence electrons. The fourth-order valence-electron chi connectivity index (χ4n) is 1.71. The predicted octanol–water partition coefficient (Wildman–Crippen LogP) is -0.402. The van der Waals surface area contributed by atoms with Gasteiger partial charge in [-0.25, -0.2) is 17.9 Å². The number of nitrogen functional groups attached to an aromatic ring is 1. The van der Waals surface area contributed by atoms with Crippen LogP contribution in [0.4, 0.5) is 5.69 Å². The van der Waals surface area contributed by atoms with Crippen LogP contribution in [0, 0.1) is 0 Å². The molecule has 0 radical (unpaired) electrons. The van der Waals surface area contributed by atoms with E-state index in [2.05, 4.69) is 9.46 Å². The number of nitrogens with two attached hydrogens (primary N) is 2. The Kier molecular flexibility index (Phi) is 5.28. The molecule has 0 aliphatic rings. The minimum atomic E-state index is -4.05. The Labute approximate surface area is 122 Å². The highest BCUT2D eigenvalue weighted by Gasteiger charge is 2.25. The van der Waals surface area contributed by atoms with Gasteiger partial charge >= 0.3 is 5.97 Å². The van der Waals surface area contributed by atoms with Crippen molar-refractivity contribution in [2.45, 2.75) is 24.3 Å². The summed E-state index contributed by atoms with van der Waals surface area (Å²) in [6.07, 6.45) is -0.172. The first-order chi connectivity index (χ1) is 9.67. The number of ether oxygens (including phenoxy) is 1. The quantitative estimate of drug-likeness (QED) is 0.481. The molecule has 1 aromatic rings. The standard InChI is InChI=1S/C12H17N3O5S/c1-7(5-11(14)16)15-21(18,19)10-6-8(13)3-4-9(10)12(17)20-2/h3-4,6-7,15H,5,13H2,1-2H3,(H2,14,16). The van der Waals surface area contributed by atoms with Crippen LogP contribution in [0.1, 0.15) is 23.7 Å². The van der Waals surface area contributed by atoms with Crippen LogP contribution in [0.15, 0.2) is 23.1 Å². The number of hydrogen-bond donors (Lipinski definition) is 3. The fraction of sp³-hybridized carbons (Fsp3) is 0.333. The number of anilines is 1. The second kappa shape index (κ2) is 6.55. The molecule has 9 heteroatoms. The molecule has 0 aliphatic heterocycles. The number of primary amides is 1. The third-order valence-electron chi connectivity index (χ3n) is 2.56. The molecule has 0 heterocycles. The van der Waals surface area contributed by atoms with Gasteiger partial charge in [0.15, 0.2) is 0 Å². The summed E-state index contributed by atoms with van der Waals surface area (Å²) in [7, 11) is -2.91. The van der Waals surface area contributed by atoms with Crippen LogP contribution in [0.2, 0.25) is 0 Å². The van der Waals surface area contributed by atoms with Crippen LogP contribution >= 0.6 is 0 Å². The van der Waals surface area contributed by atoms with Gasteiger partial charge < -0.3 is 16.2 Å². The number of methoxy groups -OCH3 is 1. The van der Waals surface area contributed by atoms with Gasteiger partial charge in [0, 0.05) is 18.2 Å². The largest absolute Gasteiger partial charge is 0.465 e. The van der Waals surface area contributed by atoms with Crippen molar-refractivity contribution < 1.29 is 22.7 Å². The molecule has 0 saturated heterocycles. The Hall–Kier alpha value is -2.13. The van der Waals surface area contributed by atoms with Gasteiger partial charge in [0.2, 0.25) is 15.9 Å². The molecular weight excluding hydrogens is 298 g/mol. The number of esters is 1. The van der Waals surface area contributed by atoms with Gasteiger partial charge in [-0.1, -0.05) is 0 Å². The Morgan fingerprint density at radius 1 is 1.38 bits per heavy atom. The minimum Gasteiger partial charge on any atom is -0.465 e. The monoisotopic (exact) mass is 315 g/mol. The van der Waals surface area contributed by atoms with E-state index in [1.54, 1.807) is 0 Å². The van der Waals surface area contributed by atoms with Gasteiger partial charge in [0.25, 0.3) is 0 Å². The van der Waals surface area contributed by atoms with Crippen molar-refractivity contribution >= 4 is 27.6 Å². The molecule has 1 amide bonds. The van der Waals surface area contributed by atoms with Crippen LogP contribution in [0.3, 0.4) is 0 Å². The summed E-state index contributed by atoms with van der Waals surface area (Å²) in [6.45, 7) is 1.48. The van der Waals surface area contributed by atoms with Crippen molar-refractivity contribution in [3.63, 3.8) is 0 Å². The smallest absolute Gasteiger partial charge is 0.339 e. The van der Waals surface area contributed by atoms with E-state index in [1.807, 2.05) is 0 Å². The SMILES string of the molecule is COC(=O)c1ccc(N)cc1S(=O)(=O)NC(C)CC(N)=O. The molecule has 21 heavy (non-hydrogen) atoms. The molecule has 0 bridgehead atoms. The van der Waals surface area contributed by atoms with E-state index in [9.17, 15) is 18.0 Å². The molecule has 0 aliphatic carbocycles. The molecular formula is C12H17N3O5S. The summed E-state index contributed by atoms with van der Waals surface area (Å²) >= 11 is 0. The molecule has 0 fully saturated rings. The van der Waals surface area contributed by atoms with Crippen molar-refractivity contribution in [3.05, 3.63) is 23.8 Å². The number of sulfonamides is 1. The Bertz CT molecular complexity index is 657. The van der Waals surface area contributed by atoms with Crippen molar-refractivity contribution in [1.29, 1.82) is 0 Å². The van der Waals surface area contributed by atoms with E-state index in [0.29, 0.717) is 0 Å². The normalized spacial score (nSPS) is 12.7. The number of carbonyl (C=O) groups is 2. The first kappa shape index (κ1) is 16.9. The van der Waals surface area contributed by atoms with Crippen molar-refractivity contribution in [2.75, 3.05) is 12.8 Å². The zero-order chi connectivity index (χ0) is 16.2. The molecule has 1 rings (SSSR count). The Balaban J connectivity index is 3.21. The van der Waals surface area contributed by atoms with E-state index in [-0.39, 0.29) is 22.6 Å². The molecule has 5 N–H and O–H groups in total. The zero-order valence-electron chi connectivity index (χ0n) is 11.6. The van der Waals surface area contributed by atoms with Crippen LogP contribution in [0.5, 0.6) is 0 Å². The zero-order valence-corrected chi connectivity index (χ0v) is 12.4. The number of nitrogens with one attached hydrogen (secondary N) is 1. The lowest BCUT2D eigenvalue weighted by Gasteiger charge is -2.15. The summed E-state index contributed by atoms with van der Waals surface area (Å²) < 4.78 is 31.4. The van der Waals surface area contributed by atoms with Crippen LogP contribution in [-0.4, -0.2) is 33.4 Å². The first-order valence-electron chi connectivity index (χ1n) is 5.96. The van der Waals surface area contributed by atoms with Crippen LogP contribution in [0.25, 0.3) is 0 Å². The first-order valence-corrected chi connectivity index (χ1v) is 7.44. The maximum atomic E-state index is 12.3. The van der Waals surface area contributed by atoms with E-state index in [0.717, 1.165) is 13.2 Å². The van der Waals surface area contributed by atoms with Gasteiger partial charge in [-0.2, -0.15) is 0 Å². The summed E-state index contributed by atoms with van der Waals surface area (Å²) in [6, 6.07) is 3.07. The number of rotatable bonds is 6. The van der Waals surface area contributed by atoms with Crippen molar-refractivity contribution in [2.24, 2.45) is 5.73 Å². The van der Waals surface area contributed by atoms with Gasteiger partial charge in [-0.05, 0) is 25.1 Å². The summed E-state index contributed by atoms with van der Waals surface area (Å²) in [5.41, 5.74) is 10.6. The number of benzene rings is 1. The second-order valence-electron chi connectivity index (χ2n) is 4.44. The number of carbonyl (C=O) groups excluding carboxylic acids is 2. The van der Waals surface area contributed by atoms with Crippen LogP contribution < -0.4 is 16.2 Å². The lowest BCUT2D eigenvalue weighted by atomic mass is 10.2. The topological polar surface area (TPSA) is 142 Å². The maximum Gasteiger partial charge on any atom is 0.339 e. The molecule has 0 aromatic heterocycles. The van der Waals surface area contributed by atoms with Gasteiger partial charge in [-0.3, -0.25) is 4.79 Å². The summed E-state index contributed by atoms with van der Waals surface area (Å²) in [5, 5.41) is 0. The average Bonchev–Trinajstić information content (AvgIpc) is 2.36. The van der Waals surface area contributed by atoms with Gasteiger partial charge in [0.05, 0.1) is 17.6 Å². The molecule has 0 saturated carbocycles. The summed E-state index contributed by atoms with van der Waals surface area (Å²) in [5.74, 6) is -1.45. The number of hydrogen-bond acceptors (Lipinski definition) is 6. The Morgan fingerprint density at radius 2 is 2.00 bits per heavy atom. The maximum absolute atomic E-state index is 12.3. The fourth-order valence-corrected chi connectivity index (χ4v) is 3.18.